The van der Waals surface area contributed by atoms with Crippen LogP contribution in [0.25, 0.3) is 0 Å². The Hall–Kier alpha value is -2.56. The first-order valence-corrected chi connectivity index (χ1v) is 10.6. The molecule has 0 aliphatic heterocycles. The fourth-order valence-corrected chi connectivity index (χ4v) is 4.43. The van der Waals surface area contributed by atoms with Gasteiger partial charge in [-0.3, -0.25) is 4.79 Å². The highest BCUT2D eigenvalue weighted by atomic mass is 35.5. The third-order valence-corrected chi connectivity index (χ3v) is 6.46. The van der Waals surface area contributed by atoms with Gasteiger partial charge in [0.25, 0.3) is 0 Å². The Balaban J connectivity index is 1.80. The molecule has 1 aromatic carbocycles. The van der Waals surface area contributed by atoms with Crippen LogP contribution in [0.1, 0.15) is 53.4 Å². The topological polar surface area (TPSA) is 103 Å². The highest BCUT2D eigenvalue weighted by Crippen LogP contribution is 2.31. The number of carboxylic acid groups (broad SMARTS) is 1. The second kappa shape index (κ2) is 9.29. The zero-order chi connectivity index (χ0) is 21.0. The lowest BCUT2D eigenvalue weighted by Gasteiger charge is -2.19. The maximum absolute atomic E-state index is 12.8. The maximum Gasteiger partial charge on any atom is 0.337 e. The summed E-state index contributed by atoms with van der Waals surface area (Å²) >= 11 is 7.15. The van der Waals surface area contributed by atoms with Crippen LogP contribution in [0.3, 0.4) is 0 Å². The number of anilines is 1. The number of hydrogen-bond donors (Lipinski definition) is 2. The number of halogens is 1. The van der Waals surface area contributed by atoms with Crippen molar-refractivity contribution >= 4 is 40.9 Å². The van der Waals surface area contributed by atoms with Crippen molar-refractivity contribution in [1.82, 2.24) is 4.98 Å². The van der Waals surface area contributed by atoms with Gasteiger partial charge in [0.2, 0.25) is 5.91 Å². The number of thioether (sulfide) groups is 1. The van der Waals surface area contributed by atoms with Gasteiger partial charge in [0, 0.05) is 11.4 Å². The fourth-order valence-electron chi connectivity index (χ4n) is 3.23. The monoisotopic (exact) mass is 429 g/mol. The number of nitriles is 1. The largest absolute Gasteiger partial charge is 0.478 e. The van der Waals surface area contributed by atoms with Crippen molar-refractivity contribution in [3.05, 3.63) is 51.7 Å². The maximum atomic E-state index is 12.8. The first-order chi connectivity index (χ1) is 13.9. The molecule has 1 aliphatic carbocycles. The van der Waals surface area contributed by atoms with Crippen molar-refractivity contribution in [2.75, 3.05) is 5.32 Å². The minimum atomic E-state index is -1.16. The van der Waals surface area contributed by atoms with E-state index in [-0.39, 0.29) is 16.5 Å². The molecule has 6 nitrogen and oxygen atoms in total. The van der Waals surface area contributed by atoms with Gasteiger partial charge in [-0.15, -0.1) is 0 Å². The average molecular weight is 430 g/mol. The summed E-state index contributed by atoms with van der Waals surface area (Å²) in [4.78, 5) is 28.7. The molecule has 8 heteroatoms. The van der Waals surface area contributed by atoms with Crippen LogP contribution in [0.15, 0.2) is 29.3 Å². The van der Waals surface area contributed by atoms with E-state index in [1.54, 1.807) is 6.07 Å². The summed E-state index contributed by atoms with van der Waals surface area (Å²) in [5, 5.41) is 21.6. The van der Waals surface area contributed by atoms with Crippen molar-refractivity contribution in [1.29, 1.82) is 5.26 Å². The van der Waals surface area contributed by atoms with Crippen LogP contribution in [-0.4, -0.2) is 27.2 Å². The van der Waals surface area contributed by atoms with Gasteiger partial charge in [0.1, 0.15) is 11.1 Å². The normalized spacial score (nSPS) is 13.8. The number of benzene rings is 1. The van der Waals surface area contributed by atoms with Crippen LogP contribution >= 0.6 is 23.4 Å². The van der Waals surface area contributed by atoms with E-state index in [0.29, 0.717) is 22.7 Å². The summed E-state index contributed by atoms with van der Waals surface area (Å²) < 4.78 is 0. The molecular formula is C21H20ClN3O3S. The van der Waals surface area contributed by atoms with Crippen molar-refractivity contribution in [3.8, 4) is 6.07 Å². The molecule has 0 saturated heterocycles. The first kappa shape index (κ1) is 21.2. The number of aryl methyl sites for hydroxylation is 2. The van der Waals surface area contributed by atoms with Gasteiger partial charge in [0.15, 0.2) is 0 Å². The molecule has 3 rings (SSSR count). The second-order valence-corrected chi connectivity index (χ2v) is 8.37. The van der Waals surface area contributed by atoms with Crippen molar-refractivity contribution < 1.29 is 14.7 Å². The molecule has 150 valence electrons. The van der Waals surface area contributed by atoms with Crippen molar-refractivity contribution in [2.45, 2.75) is 49.3 Å². The molecule has 1 heterocycles. The summed E-state index contributed by atoms with van der Waals surface area (Å²) in [7, 11) is 0. The van der Waals surface area contributed by atoms with Crippen molar-refractivity contribution in [3.63, 3.8) is 0 Å². The van der Waals surface area contributed by atoms with Crippen LogP contribution in [0.2, 0.25) is 5.02 Å². The summed E-state index contributed by atoms with van der Waals surface area (Å²) in [6.45, 7) is 1.88. The predicted molar refractivity (Wildman–Crippen MR) is 113 cm³/mol. The van der Waals surface area contributed by atoms with Gasteiger partial charge < -0.3 is 10.4 Å². The minimum Gasteiger partial charge on any atom is -0.478 e. The smallest absolute Gasteiger partial charge is 0.337 e. The Kier molecular flexibility index (Phi) is 6.78. The average Bonchev–Trinajstić information content (AvgIpc) is 2.72. The second-order valence-electron chi connectivity index (χ2n) is 6.77. The molecule has 1 aromatic heterocycles. The van der Waals surface area contributed by atoms with Crippen LogP contribution < -0.4 is 5.32 Å². The number of hydrogen-bond acceptors (Lipinski definition) is 5. The Morgan fingerprint density at radius 3 is 2.79 bits per heavy atom. The lowest BCUT2D eigenvalue weighted by molar-refractivity contribution is -0.115. The summed E-state index contributed by atoms with van der Waals surface area (Å²) in [5.74, 6) is -1.44. The summed E-state index contributed by atoms with van der Waals surface area (Å²) in [5.41, 5.74) is 2.90. The molecule has 1 aliphatic rings. The molecule has 29 heavy (non-hydrogen) atoms. The quantitative estimate of drug-likeness (QED) is 0.645. The summed E-state index contributed by atoms with van der Waals surface area (Å²) in [6, 6.07) is 8.42. The molecule has 0 fully saturated rings. The van der Waals surface area contributed by atoms with Gasteiger partial charge in [-0.25, -0.2) is 9.78 Å². The SMILES string of the molecule is CCC(Sc1nc2c(cc1C#N)CCCC2)C(=O)Nc1ccc(Cl)c(C(=O)O)c1. The number of rotatable bonds is 6. The van der Waals surface area contributed by atoms with Crippen LogP contribution in [0.4, 0.5) is 5.69 Å². The Morgan fingerprint density at radius 2 is 2.10 bits per heavy atom. The predicted octanol–water partition coefficient (Wildman–Crippen LogP) is 4.69. The lowest BCUT2D eigenvalue weighted by Crippen LogP contribution is -2.25. The molecule has 0 saturated carbocycles. The lowest BCUT2D eigenvalue weighted by atomic mass is 9.95. The van der Waals surface area contributed by atoms with Gasteiger partial charge in [-0.05, 0) is 61.9 Å². The molecule has 0 spiro atoms. The Bertz CT molecular complexity index is 1000. The zero-order valence-electron chi connectivity index (χ0n) is 15.9. The molecule has 2 aromatic rings. The number of carboxylic acids is 1. The van der Waals surface area contributed by atoms with Gasteiger partial charge >= 0.3 is 5.97 Å². The highest BCUT2D eigenvalue weighted by Gasteiger charge is 2.23. The molecule has 1 unspecified atom stereocenters. The van der Waals surface area contributed by atoms with E-state index in [4.69, 9.17) is 11.6 Å². The highest BCUT2D eigenvalue weighted by molar-refractivity contribution is 8.00. The standard InChI is InChI=1S/C21H20ClN3O3S/c1-2-18(19(26)24-14-7-8-16(22)15(10-14)21(27)28)29-20-13(11-23)9-12-5-3-4-6-17(12)25-20/h7-10,18H,2-6H2,1H3,(H,24,26)(H,27,28). The number of amides is 1. The van der Waals surface area contributed by atoms with Crippen LogP contribution in [0.5, 0.6) is 0 Å². The number of nitrogens with one attached hydrogen (secondary N) is 1. The Morgan fingerprint density at radius 1 is 1.34 bits per heavy atom. The van der Waals surface area contributed by atoms with E-state index >= 15 is 0 Å². The molecule has 1 amide bonds. The molecule has 1 atom stereocenters. The first-order valence-electron chi connectivity index (χ1n) is 9.36. The molecule has 0 bridgehead atoms. The number of nitrogens with zero attached hydrogens (tertiary/aromatic N) is 2. The number of pyridine rings is 1. The van der Waals surface area contributed by atoms with E-state index in [2.05, 4.69) is 16.4 Å². The third kappa shape index (κ3) is 4.89. The van der Waals surface area contributed by atoms with E-state index in [1.165, 1.54) is 23.9 Å². The van der Waals surface area contributed by atoms with Gasteiger partial charge in [-0.1, -0.05) is 30.3 Å². The molecule has 0 radical (unpaired) electrons. The number of carbonyl (C=O) groups excluding carboxylic acids is 1. The zero-order valence-corrected chi connectivity index (χ0v) is 17.4. The van der Waals surface area contributed by atoms with E-state index in [0.717, 1.165) is 36.9 Å². The number of carbonyl (C=O) groups is 2. The van der Waals surface area contributed by atoms with Gasteiger partial charge in [-0.2, -0.15) is 5.26 Å². The number of aromatic carboxylic acids is 1. The van der Waals surface area contributed by atoms with Crippen molar-refractivity contribution in [2.24, 2.45) is 0 Å². The Labute approximate surface area is 178 Å². The number of fused-ring (bicyclic) bond motifs is 1. The molecule has 2 N–H and O–H groups in total. The number of aromatic nitrogens is 1. The van der Waals surface area contributed by atoms with Crippen LogP contribution in [-0.2, 0) is 17.6 Å². The van der Waals surface area contributed by atoms with Crippen LogP contribution in [0, 0.1) is 11.3 Å². The van der Waals surface area contributed by atoms with E-state index in [1.807, 2.05) is 13.0 Å². The fraction of sp³-hybridized carbons (Fsp3) is 0.333. The molecular weight excluding hydrogens is 410 g/mol. The van der Waals surface area contributed by atoms with Gasteiger partial charge in [0.05, 0.1) is 21.4 Å². The van der Waals surface area contributed by atoms with E-state index in [9.17, 15) is 20.0 Å². The van der Waals surface area contributed by atoms with E-state index < -0.39 is 11.2 Å². The summed E-state index contributed by atoms with van der Waals surface area (Å²) in [6.07, 6.45) is 4.53. The third-order valence-electron chi connectivity index (χ3n) is 4.77. The minimum absolute atomic E-state index is 0.0757.